The number of amides is 1. The van der Waals surface area contributed by atoms with Crippen molar-refractivity contribution in [1.82, 2.24) is 10.3 Å². The van der Waals surface area contributed by atoms with Crippen LogP contribution in [0.25, 0.3) is 6.08 Å². The highest BCUT2D eigenvalue weighted by Crippen LogP contribution is 2.45. The Balaban J connectivity index is 1.88. The smallest absolute Gasteiger partial charge is 0.223 e. The Morgan fingerprint density at radius 1 is 1.35 bits per heavy atom. The normalized spacial score (nSPS) is 35.9. The molecule has 2 saturated heterocycles. The zero-order chi connectivity index (χ0) is 27.5. The average molecular weight is 553 g/mol. The van der Waals surface area contributed by atoms with E-state index in [1.165, 1.54) is 11.3 Å². The van der Waals surface area contributed by atoms with Crippen LogP contribution in [-0.2, 0) is 14.3 Å². The molecule has 1 aromatic rings. The molecule has 7 nitrogen and oxygen atoms in total. The summed E-state index contributed by atoms with van der Waals surface area (Å²) in [7, 11) is 0. The lowest BCUT2D eigenvalue weighted by Gasteiger charge is -2.36. The van der Waals surface area contributed by atoms with Crippen molar-refractivity contribution in [2.45, 2.75) is 103 Å². The molecule has 0 radical (unpaired) electrons. The molecule has 2 aliphatic heterocycles. The van der Waals surface area contributed by atoms with E-state index in [4.69, 9.17) is 16.3 Å². The molecule has 0 saturated carbocycles. The second-order valence-corrected chi connectivity index (χ2v) is 12.9. The molecule has 2 unspecified atom stereocenters. The summed E-state index contributed by atoms with van der Waals surface area (Å²) >= 11 is 8.22. The Bertz CT molecular complexity index is 1020. The van der Waals surface area contributed by atoms with Crippen molar-refractivity contribution in [3.8, 4) is 0 Å². The summed E-state index contributed by atoms with van der Waals surface area (Å²) in [5, 5.41) is 28.3. The minimum Gasteiger partial charge on any atom is -0.392 e. The quantitative estimate of drug-likeness (QED) is 0.366. The van der Waals surface area contributed by atoms with E-state index in [9.17, 15) is 19.8 Å². The van der Waals surface area contributed by atoms with E-state index in [-0.39, 0.29) is 29.8 Å². The van der Waals surface area contributed by atoms with E-state index in [2.05, 4.69) is 23.8 Å². The number of halogens is 1. The third-order valence-electron chi connectivity index (χ3n) is 8.01. The zero-order valence-electron chi connectivity index (χ0n) is 22.5. The number of ketones is 1. The first kappa shape index (κ1) is 30.0. The van der Waals surface area contributed by atoms with Gasteiger partial charge in [0.05, 0.1) is 52.5 Å². The van der Waals surface area contributed by atoms with Gasteiger partial charge in [-0.3, -0.25) is 9.59 Å². The molecule has 1 amide bonds. The van der Waals surface area contributed by atoms with Crippen LogP contribution in [0.4, 0.5) is 0 Å². The first-order valence-electron chi connectivity index (χ1n) is 13.1. The Labute approximate surface area is 229 Å². The largest absolute Gasteiger partial charge is 0.392 e. The van der Waals surface area contributed by atoms with Crippen LogP contribution in [0.15, 0.2) is 23.1 Å². The molecule has 37 heavy (non-hydrogen) atoms. The van der Waals surface area contributed by atoms with Gasteiger partial charge in [0.25, 0.3) is 0 Å². The van der Waals surface area contributed by atoms with Gasteiger partial charge in [-0.15, -0.1) is 17.9 Å². The highest BCUT2D eigenvalue weighted by atomic mass is 35.5. The predicted octanol–water partition coefficient (Wildman–Crippen LogP) is 4.78. The number of aromatic nitrogens is 1. The molecule has 3 N–H and O–H groups in total. The standard InChI is InChI=1S/C28H41ClN2O5S/c1-7-9-19-25(34)16(2)10-8-11-28(6)23(36-28)13-21(20(29)12-18-15-37-17(3)30-18)31-24(33)14-22(32)27(4,5)26(19)35/h7,12,15-16,19,21-23,25,32,34H,1,8-11,13-14H2,2-6H3,(H,31,33)/t16-,19+,21-,22-,23?,25+,28?/m0/s1. The van der Waals surface area contributed by atoms with Crippen LogP contribution in [0.3, 0.4) is 0 Å². The number of nitrogens with zero attached hydrogens (tertiary/aromatic N) is 1. The predicted molar refractivity (Wildman–Crippen MR) is 147 cm³/mol. The van der Waals surface area contributed by atoms with E-state index in [0.717, 1.165) is 30.0 Å². The monoisotopic (exact) mass is 552 g/mol. The summed E-state index contributed by atoms with van der Waals surface area (Å²) < 4.78 is 6.06. The van der Waals surface area contributed by atoms with E-state index < -0.39 is 35.5 Å². The van der Waals surface area contributed by atoms with Crippen molar-refractivity contribution in [2.75, 3.05) is 0 Å². The number of hydrogen-bond acceptors (Lipinski definition) is 7. The van der Waals surface area contributed by atoms with E-state index in [1.54, 1.807) is 26.0 Å². The van der Waals surface area contributed by atoms with Gasteiger partial charge in [0.2, 0.25) is 5.91 Å². The number of epoxide rings is 1. The molecule has 0 aromatic carbocycles. The molecule has 2 fully saturated rings. The lowest BCUT2D eigenvalue weighted by molar-refractivity contribution is -0.143. The van der Waals surface area contributed by atoms with Crippen molar-refractivity contribution in [3.05, 3.63) is 33.8 Å². The number of thiazole rings is 1. The van der Waals surface area contributed by atoms with Gasteiger partial charge < -0.3 is 20.3 Å². The maximum Gasteiger partial charge on any atom is 0.223 e. The van der Waals surface area contributed by atoms with Crippen molar-refractivity contribution in [1.29, 1.82) is 0 Å². The molecule has 1 aromatic heterocycles. The van der Waals surface area contributed by atoms with Crippen molar-refractivity contribution in [2.24, 2.45) is 17.3 Å². The SMILES string of the molecule is C=CC[C@H]1C(=O)C(C)(C)[C@@H](O)CC(=O)N[C@H](C(Cl)=Cc2csc(C)n2)CC2OC2(C)CCC[C@H](C)[C@H]1O. The van der Waals surface area contributed by atoms with Crippen molar-refractivity contribution in [3.63, 3.8) is 0 Å². The van der Waals surface area contributed by atoms with Crippen LogP contribution in [0.1, 0.15) is 76.9 Å². The number of ether oxygens (including phenoxy) is 1. The van der Waals surface area contributed by atoms with Gasteiger partial charge in [0.15, 0.2) is 0 Å². The zero-order valence-corrected chi connectivity index (χ0v) is 24.1. The third kappa shape index (κ3) is 7.30. The summed E-state index contributed by atoms with van der Waals surface area (Å²) in [6, 6.07) is -0.517. The third-order valence-corrected chi connectivity index (χ3v) is 9.17. The molecule has 9 heteroatoms. The van der Waals surface area contributed by atoms with Crippen LogP contribution in [-0.4, -0.2) is 56.8 Å². The maximum atomic E-state index is 13.6. The van der Waals surface area contributed by atoms with Gasteiger partial charge in [-0.25, -0.2) is 4.98 Å². The number of aryl methyl sites for hydroxylation is 1. The molecule has 0 spiro atoms. The van der Waals surface area contributed by atoms with Crippen LogP contribution in [0.5, 0.6) is 0 Å². The van der Waals surface area contributed by atoms with Crippen LogP contribution in [0, 0.1) is 24.2 Å². The van der Waals surface area contributed by atoms with Crippen molar-refractivity contribution >= 4 is 40.7 Å². The number of aliphatic hydroxyl groups is 2. The number of aliphatic hydroxyl groups excluding tert-OH is 2. The highest BCUT2D eigenvalue weighted by molar-refractivity contribution is 7.09. The minimum absolute atomic E-state index is 0.0817. The first-order valence-corrected chi connectivity index (χ1v) is 14.3. The highest BCUT2D eigenvalue weighted by Gasteiger charge is 2.52. The Hall–Kier alpha value is -1.58. The van der Waals surface area contributed by atoms with Crippen molar-refractivity contribution < 1.29 is 24.5 Å². The molecule has 206 valence electrons. The first-order chi connectivity index (χ1) is 17.3. The number of rotatable bonds is 4. The lowest BCUT2D eigenvalue weighted by atomic mass is 9.71. The fourth-order valence-electron chi connectivity index (χ4n) is 5.20. The summed E-state index contributed by atoms with van der Waals surface area (Å²) in [5.74, 6) is -1.51. The molecule has 0 aliphatic carbocycles. The average Bonchev–Trinajstić information content (AvgIpc) is 3.27. The van der Waals surface area contributed by atoms with E-state index in [1.807, 2.05) is 19.2 Å². The molecule has 0 bridgehead atoms. The van der Waals surface area contributed by atoms with E-state index >= 15 is 0 Å². The number of Topliss-reactive ketones (excluding diaryl/α,β-unsaturated/α-hetero) is 1. The number of carbonyl (C=O) groups excluding carboxylic acids is 2. The van der Waals surface area contributed by atoms with Crippen LogP contribution < -0.4 is 5.32 Å². The van der Waals surface area contributed by atoms with Gasteiger partial charge in [-0.05, 0) is 45.1 Å². The molecule has 3 heterocycles. The fourth-order valence-corrected chi connectivity index (χ4v) is 6.03. The second kappa shape index (κ2) is 12.1. The maximum absolute atomic E-state index is 13.6. The van der Waals surface area contributed by atoms with Gasteiger partial charge in [0, 0.05) is 22.8 Å². The Morgan fingerprint density at radius 2 is 2.05 bits per heavy atom. The number of allylic oxidation sites excluding steroid dienone is 1. The van der Waals surface area contributed by atoms with Gasteiger partial charge in [0.1, 0.15) is 5.78 Å². The van der Waals surface area contributed by atoms with Gasteiger partial charge >= 0.3 is 0 Å². The van der Waals surface area contributed by atoms with Crippen LogP contribution >= 0.6 is 22.9 Å². The lowest BCUT2D eigenvalue weighted by Crippen LogP contribution is -2.48. The number of nitrogens with one attached hydrogen (secondary N) is 1. The molecular formula is C28H41ClN2O5S. The summed E-state index contributed by atoms with van der Waals surface area (Å²) in [4.78, 5) is 31.1. The number of hydrogen-bond donors (Lipinski definition) is 3. The molecular weight excluding hydrogens is 512 g/mol. The number of carbonyl (C=O) groups is 2. The summed E-state index contributed by atoms with van der Waals surface area (Å²) in [6.45, 7) is 12.9. The van der Waals surface area contributed by atoms with E-state index in [0.29, 0.717) is 17.9 Å². The Morgan fingerprint density at radius 3 is 2.68 bits per heavy atom. The fraction of sp³-hybridized carbons (Fsp3) is 0.679. The summed E-state index contributed by atoms with van der Waals surface area (Å²) in [6.07, 6.45) is 4.05. The number of fused-ring (bicyclic) bond motifs is 1. The molecule has 3 rings (SSSR count). The van der Waals surface area contributed by atoms with Gasteiger partial charge in [-0.1, -0.05) is 44.9 Å². The summed E-state index contributed by atoms with van der Waals surface area (Å²) in [5.41, 5.74) is -0.855. The minimum atomic E-state index is -1.24. The molecule has 7 atom stereocenters. The topological polar surface area (TPSA) is 112 Å². The van der Waals surface area contributed by atoms with Gasteiger partial charge in [-0.2, -0.15) is 0 Å². The Kier molecular flexibility index (Phi) is 9.78. The molecule has 2 aliphatic rings. The second-order valence-electron chi connectivity index (χ2n) is 11.4. The van der Waals surface area contributed by atoms with Crippen LogP contribution in [0.2, 0.25) is 0 Å².